The zero-order chi connectivity index (χ0) is 13.1. The second-order valence-corrected chi connectivity index (χ2v) is 5.66. The Hall–Kier alpha value is 0.01000. The smallest absolute Gasteiger partial charge is 0.0655 e. The van der Waals surface area contributed by atoms with Crippen LogP contribution in [0, 0.1) is 0 Å². The first kappa shape index (κ1) is 14.4. The van der Waals surface area contributed by atoms with E-state index in [1.54, 1.807) is 6.07 Å². The van der Waals surface area contributed by atoms with E-state index in [0.29, 0.717) is 15.1 Å². The van der Waals surface area contributed by atoms with Crippen LogP contribution in [0.25, 0.3) is 0 Å². The third kappa shape index (κ3) is 2.94. The van der Waals surface area contributed by atoms with Crippen molar-refractivity contribution >= 4 is 34.8 Å². The second-order valence-electron chi connectivity index (χ2n) is 4.47. The Morgan fingerprint density at radius 2 is 1.78 bits per heavy atom. The van der Waals surface area contributed by atoms with Gasteiger partial charge < -0.3 is 5.32 Å². The Kier molecular flexibility index (Phi) is 5.16. The van der Waals surface area contributed by atoms with E-state index in [0.717, 1.165) is 38.2 Å². The van der Waals surface area contributed by atoms with Gasteiger partial charge in [0.1, 0.15) is 0 Å². The molecule has 1 saturated heterocycles. The number of benzene rings is 1. The summed E-state index contributed by atoms with van der Waals surface area (Å²) < 4.78 is 0. The molecule has 0 aliphatic carbocycles. The molecule has 18 heavy (non-hydrogen) atoms. The van der Waals surface area contributed by atoms with Crippen molar-refractivity contribution in [3.63, 3.8) is 0 Å². The standard InChI is InChI=1S/C13H17Cl3N2/c1-2-11(18-7-5-17-6-8-18)12-9(14)3-4-10(15)13(12)16/h3-4,11,17H,2,5-8H2,1H3/t11-/m1/s1. The maximum atomic E-state index is 6.33. The Bertz CT molecular complexity index is 417. The molecule has 1 fully saturated rings. The summed E-state index contributed by atoms with van der Waals surface area (Å²) >= 11 is 18.7. The third-order valence-corrected chi connectivity index (χ3v) is 4.54. The molecule has 0 saturated carbocycles. The largest absolute Gasteiger partial charge is 0.314 e. The van der Waals surface area contributed by atoms with Gasteiger partial charge in [-0.2, -0.15) is 0 Å². The normalized spacial score (nSPS) is 18.9. The predicted octanol–water partition coefficient (Wildman–Crippen LogP) is 4.00. The van der Waals surface area contributed by atoms with Gasteiger partial charge in [0.05, 0.1) is 10.0 Å². The Morgan fingerprint density at radius 1 is 1.17 bits per heavy atom. The molecular formula is C13H17Cl3N2. The molecule has 0 bridgehead atoms. The van der Waals surface area contributed by atoms with Crippen LogP contribution < -0.4 is 5.32 Å². The van der Waals surface area contributed by atoms with Crippen LogP contribution in [0.15, 0.2) is 12.1 Å². The minimum Gasteiger partial charge on any atom is -0.314 e. The molecule has 2 rings (SSSR count). The van der Waals surface area contributed by atoms with Gasteiger partial charge in [-0.15, -0.1) is 0 Å². The van der Waals surface area contributed by atoms with Gasteiger partial charge in [-0.05, 0) is 18.6 Å². The van der Waals surface area contributed by atoms with Crippen molar-refractivity contribution in [3.8, 4) is 0 Å². The summed E-state index contributed by atoms with van der Waals surface area (Å²) in [5, 5.41) is 5.22. The first-order valence-corrected chi connectivity index (χ1v) is 7.36. The van der Waals surface area contributed by atoms with Crippen LogP contribution >= 0.6 is 34.8 Å². The zero-order valence-electron chi connectivity index (χ0n) is 10.3. The molecule has 1 aromatic carbocycles. The van der Waals surface area contributed by atoms with Gasteiger partial charge in [0, 0.05) is 42.8 Å². The summed E-state index contributed by atoms with van der Waals surface area (Å²) in [6.07, 6.45) is 0.972. The minimum absolute atomic E-state index is 0.241. The molecule has 0 aromatic heterocycles. The van der Waals surface area contributed by atoms with E-state index < -0.39 is 0 Å². The maximum Gasteiger partial charge on any atom is 0.0655 e. The van der Waals surface area contributed by atoms with Crippen molar-refractivity contribution < 1.29 is 0 Å². The minimum atomic E-state index is 0.241. The summed E-state index contributed by atoms with van der Waals surface area (Å²) in [5.41, 5.74) is 0.968. The fourth-order valence-corrected chi connectivity index (χ4v) is 3.27. The van der Waals surface area contributed by atoms with E-state index in [1.807, 2.05) is 6.07 Å². The molecule has 0 spiro atoms. The van der Waals surface area contributed by atoms with E-state index in [2.05, 4.69) is 17.1 Å². The van der Waals surface area contributed by atoms with Crippen LogP contribution in [0.4, 0.5) is 0 Å². The third-order valence-electron chi connectivity index (χ3n) is 3.39. The lowest BCUT2D eigenvalue weighted by atomic mass is 10.0. The molecule has 1 N–H and O–H groups in total. The SMILES string of the molecule is CC[C@H](c1c(Cl)ccc(Cl)c1Cl)N1CCNCC1. The van der Waals surface area contributed by atoms with Crippen molar-refractivity contribution in [2.45, 2.75) is 19.4 Å². The molecule has 0 amide bonds. The van der Waals surface area contributed by atoms with Crippen LogP contribution in [-0.2, 0) is 0 Å². The average molecular weight is 308 g/mol. The lowest BCUT2D eigenvalue weighted by Crippen LogP contribution is -2.45. The van der Waals surface area contributed by atoms with Gasteiger partial charge in [0.15, 0.2) is 0 Å². The monoisotopic (exact) mass is 306 g/mol. The number of hydrogen-bond donors (Lipinski definition) is 1. The first-order chi connectivity index (χ1) is 8.65. The Morgan fingerprint density at radius 3 is 2.39 bits per heavy atom. The molecule has 0 unspecified atom stereocenters. The van der Waals surface area contributed by atoms with Crippen LogP contribution in [-0.4, -0.2) is 31.1 Å². The Balaban J connectivity index is 2.34. The van der Waals surface area contributed by atoms with E-state index in [9.17, 15) is 0 Å². The van der Waals surface area contributed by atoms with Crippen molar-refractivity contribution in [2.75, 3.05) is 26.2 Å². The molecule has 1 heterocycles. The van der Waals surface area contributed by atoms with Crippen molar-refractivity contribution in [1.82, 2.24) is 10.2 Å². The van der Waals surface area contributed by atoms with Crippen molar-refractivity contribution in [2.24, 2.45) is 0 Å². The highest BCUT2D eigenvalue weighted by atomic mass is 35.5. The highest BCUT2D eigenvalue weighted by Gasteiger charge is 2.25. The molecule has 1 aromatic rings. The van der Waals surface area contributed by atoms with E-state index in [4.69, 9.17) is 34.8 Å². The van der Waals surface area contributed by atoms with Gasteiger partial charge in [0.2, 0.25) is 0 Å². The topological polar surface area (TPSA) is 15.3 Å². The molecule has 1 aliphatic heterocycles. The molecule has 5 heteroatoms. The fraction of sp³-hybridized carbons (Fsp3) is 0.538. The molecule has 0 radical (unpaired) electrons. The summed E-state index contributed by atoms with van der Waals surface area (Å²) in [6, 6.07) is 3.82. The zero-order valence-corrected chi connectivity index (χ0v) is 12.6. The quantitative estimate of drug-likeness (QED) is 0.849. The van der Waals surface area contributed by atoms with Gasteiger partial charge in [0.25, 0.3) is 0 Å². The molecule has 1 aliphatic rings. The van der Waals surface area contributed by atoms with Crippen LogP contribution in [0.3, 0.4) is 0 Å². The molecule has 100 valence electrons. The van der Waals surface area contributed by atoms with Gasteiger partial charge >= 0.3 is 0 Å². The number of halogens is 3. The van der Waals surface area contributed by atoms with E-state index in [-0.39, 0.29) is 6.04 Å². The molecule has 1 atom stereocenters. The average Bonchev–Trinajstić information content (AvgIpc) is 2.40. The first-order valence-electron chi connectivity index (χ1n) is 6.23. The summed E-state index contributed by atoms with van der Waals surface area (Å²) in [4.78, 5) is 2.42. The second kappa shape index (κ2) is 6.44. The number of piperazine rings is 1. The lowest BCUT2D eigenvalue weighted by molar-refractivity contribution is 0.169. The van der Waals surface area contributed by atoms with Gasteiger partial charge in [-0.1, -0.05) is 41.7 Å². The van der Waals surface area contributed by atoms with Crippen LogP contribution in [0.2, 0.25) is 15.1 Å². The number of nitrogens with zero attached hydrogens (tertiary/aromatic N) is 1. The Labute approximate surface area is 123 Å². The molecule has 2 nitrogen and oxygen atoms in total. The van der Waals surface area contributed by atoms with Crippen LogP contribution in [0.1, 0.15) is 24.9 Å². The summed E-state index contributed by atoms with van der Waals surface area (Å²) in [6.45, 7) is 6.19. The molecular weight excluding hydrogens is 291 g/mol. The number of rotatable bonds is 3. The fourth-order valence-electron chi connectivity index (χ4n) is 2.49. The summed E-state index contributed by atoms with van der Waals surface area (Å²) in [5.74, 6) is 0. The lowest BCUT2D eigenvalue weighted by Gasteiger charge is -2.35. The van der Waals surface area contributed by atoms with Gasteiger partial charge in [-0.3, -0.25) is 4.90 Å². The summed E-state index contributed by atoms with van der Waals surface area (Å²) in [7, 11) is 0. The number of nitrogens with one attached hydrogen (secondary N) is 1. The highest BCUT2D eigenvalue weighted by Crippen LogP contribution is 2.39. The van der Waals surface area contributed by atoms with E-state index >= 15 is 0 Å². The van der Waals surface area contributed by atoms with Crippen molar-refractivity contribution in [1.29, 1.82) is 0 Å². The van der Waals surface area contributed by atoms with E-state index in [1.165, 1.54) is 0 Å². The van der Waals surface area contributed by atoms with Gasteiger partial charge in [-0.25, -0.2) is 0 Å². The predicted molar refractivity (Wildman–Crippen MR) is 78.9 cm³/mol. The van der Waals surface area contributed by atoms with Crippen molar-refractivity contribution in [3.05, 3.63) is 32.8 Å². The highest BCUT2D eigenvalue weighted by molar-refractivity contribution is 6.44. The number of hydrogen-bond acceptors (Lipinski definition) is 2. The maximum absolute atomic E-state index is 6.33. The van der Waals surface area contributed by atoms with Crippen LogP contribution in [0.5, 0.6) is 0 Å².